The minimum Gasteiger partial charge on any atom is -0.480 e. The number of fused-ring (bicyclic) bond motifs is 1. The summed E-state index contributed by atoms with van der Waals surface area (Å²) in [7, 11) is -2.45. The summed E-state index contributed by atoms with van der Waals surface area (Å²) in [4.78, 5) is 24.6. The molecule has 0 spiro atoms. The van der Waals surface area contributed by atoms with E-state index in [1.165, 1.54) is 23.9 Å². The van der Waals surface area contributed by atoms with Crippen LogP contribution in [-0.2, 0) is 14.8 Å². The maximum Gasteiger partial charge on any atom is 0.267 e. The molecule has 3 N–H and O–H groups in total. The Kier molecular flexibility index (Phi) is 6.90. The Labute approximate surface area is 231 Å². The molecule has 0 unspecified atom stereocenters. The predicted octanol–water partition coefficient (Wildman–Crippen LogP) is 2.71. The van der Waals surface area contributed by atoms with Gasteiger partial charge in [0.05, 0.1) is 30.3 Å². The fourth-order valence-corrected chi connectivity index (χ4v) is 6.32. The Balaban J connectivity index is 1.38. The number of sulfonamides is 1. The number of nitrogens with zero attached hydrogens (tertiary/aromatic N) is 4. The molecule has 1 aliphatic heterocycles. The van der Waals surface area contributed by atoms with Gasteiger partial charge in [-0.1, -0.05) is 6.07 Å². The quantitative estimate of drug-likeness (QED) is 0.348. The van der Waals surface area contributed by atoms with Crippen molar-refractivity contribution in [1.29, 1.82) is 0 Å². The standard InChI is InChI=1S/C28H30N6O5S/c1-38-26-25(40(36,37)32-20-4-5-20)16-19(17-30-26)18-3-10-24-23(15-18)27(35)34(28(29)31-24)22-8-6-21(7-9-22)33-11-2-13-39-14-12-33/h3,6-10,15-17,20,32H,2,4-5,11-14H2,1H3,(H2,29,31). The molecule has 1 saturated carbocycles. The molecule has 2 aromatic carbocycles. The second kappa shape index (κ2) is 10.5. The number of aromatic nitrogens is 3. The summed E-state index contributed by atoms with van der Waals surface area (Å²) in [6.45, 7) is 3.15. The van der Waals surface area contributed by atoms with Gasteiger partial charge in [-0.2, -0.15) is 0 Å². The lowest BCUT2D eigenvalue weighted by Gasteiger charge is -2.22. The SMILES string of the molecule is COc1ncc(-c2ccc3nc(N)n(-c4ccc(N5CCCOCC5)cc4)c(=O)c3c2)cc1S(=O)(=O)NC1CC1. The Morgan fingerprint density at radius 3 is 2.55 bits per heavy atom. The van der Waals surface area contributed by atoms with Crippen LogP contribution in [0.4, 0.5) is 11.6 Å². The van der Waals surface area contributed by atoms with Crippen molar-refractivity contribution in [3.05, 3.63) is 65.1 Å². The third-order valence-electron chi connectivity index (χ3n) is 7.12. The van der Waals surface area contributed by atoms with Gasteiger partial charge >= 0.3 is 0 Å². The van der Waals surface area contributed by atoms with Gasteiger partial charge in [0, 0.05) is 43.2 Å². The second-order valence-corrected chi connectivity index (χ2v) is 11.6. The van der Waals surface area contributed by atoms with Crippen LogP contribution in [0.25, 0.3) is 27.7 Å². The minimum absolute atomic E-state index is 0.00522. The van der Waals surface area contributed by atoms with Gasteiger partial charge in [0.1, 0.15) is 4.90 Å². The van der Waals surface area contributed by atoms with Gasteiger partial charge in [0.2, 0.25) is 21.9 Å². The second-order valence-electron chi connectivity index (χ2n) is 9.94. The van der Waals surface area contributed by atoms with Gasteiger partial charge in [0.15, 0.2) is 0 Å². The molecule has 1 saturated heterocycles. The van der Waals surface area contributed by atoms with E-state index in [0.717, 1.165) is 44.6 Å². The molecular formula is C28H30N6O5S. The van der Waals surface area contributed by atoms with E-state index in [1.54, 1.807) is 18.2 Å². The Hall–Kier alpha value is -4.00. The van der Waals surface area contributed by atoms with Crippen LogP contribution >= 0.6 is 0 Å². The molecule has 0 amide bonds. The summed E-state index contributed by atoms with van der Waals surface area (Å²) in [6.07, 6.45) is 4.08. The number of ether oxygens (including phenoxy) is 2. The highest BCUT2D eigenvalue weighted by molar-refractivity contribution is 7.89. The first-order chi connectivity index (χ1) is 19.3. The lowest BCUT2D eigenvalue weighted by atomic mass is 10.1. The molecule has 208 valence electrons. The van der Waals surface area contributed by atoms with E-state index in [4.69, 9.17) is 15.2 Å². The molecule has 6 rings (SSSR count). The van der Waals surface area contributed by atoms with Crippen LogP contribution in [0, 0.1) is 0 Å². The molecule has 3 heterocycles. The van der Waals surface area contributed by atoms with E-state index < -0.39 is 10.0 Å². The third-order valence-corrected chi connectivity index (χ3v) is 8.64. The van der Waals surface area contributed by atoms with Crippen molar-refractivity contribution in [3.8, 4) is 22.7 Å². The van der Waals surface area contributed by atoms with Gasteiger partial charge in [-0.25, -0.2) is 27.7 Å². The molecule has 4 aromatic rings. The van der Waals surface area contributed by atoms with Crippen LogP contribution in [0.1, 0.15) is 19.3 Å². The lowest BCUT2D eigenvalue weighted by molar-refractivity contribution is 0.152. The molecule has 11 nitrogen and oxygen atoms in total. The van der Waals surface area contributed by atoms with Gasteiger partial charge in [0.25, 0.3) is 5.56 Å². The van der Waals surface area contributed by atoms with Crippen LogP contribution in [0.3, 0.4) is 0 Å². The van der Waals surface area contributed by atoms with E-state index in [1.807, 2.05) is 24.3 Å². The number of pyridine rings is 1. The number of anilines is 2. The van der Waals surface area contributed by atoms with Gasteiger partial charge < -0.3 is 20.1 Å². The van der Waals surface area contributed by atoms with E-state index in [0.29, 0.717) is 34.3 Å². The van der Waals surface area contributed by atoms with Crippen molar-refractivity contribution in [2.45, 2.75) is 30.2 Å². The summed E-state index contributed by atoms with van der Waals surface area (Å²) in [5.74, 6) is 0.0810. The van der Waals surface area contributed by atoms with Crippen LogP contribution in [0.5, 0.6) is 5.88 Å². The van der Waals surface area contributed by atoms with Crippen molar-refractivity contribution < 1.29 is 17.9 Å². The van der Waals surface area contributed by atoms with E-state index in [2.05, 4.69) is 19.6 Å². The maximum atomic E-state index is 13.7. The molecule has 2 aromatic heterocycles. The van der Waals surface area contributed by atoms with Crippen molar-refractivity contribution >= 4 is 32.6 Å². The van der Waals surface area contributed by atoms with Crippen LogP contribution in [0.2, 0.25) is 0 Å². The zero-order valence-corrected chi connectivity index (χ0v) is 22.9. The smallest absolute Gasteiger partial charge is 0.267 e. The molecule has 0 radical (unpaired) electrons. The first-order valence-electron chi connectivity index (χ1n) is 13.2. The van der Waals surface area contributed by atoms with E-state index in [9.17, 15) is 13.2 Å². The van der Waals surface area contributed by atoms with E-state index >= 15 is 0 Å². The van der Waals surface area contributed by atoms with Crippen molar-refractivity contribution in [2.24, 2.45) is 0 Å². The van der Waals surface area contributed by atoms with Crippen molar-refractivity contribution in [2.75, 3.05) is 44.0 Å². The van der Waals surface area contributed by atoms with Gasteiger partial charge in [-0.3, -0.25) is 4.79 Å². The average molecular weight is 563 g/mol. The highest BCUT2D eigenvalue weighted by Gasteiger charge is 2.30. The molecule has 1 aliphatic carbocycles. The molecule has 0 bridgehead atoms. The van der Waals surface area contributed by atoms with Crippen LogP contribution in [-0.4, -0.2) is 62.4 Å². The number of hydrogen-bond acceptors (Lipinski definition) is 9. The van der Waals surface area contributed by atoms with Gasteiger partial charge in [-0.05, 0) is 67.3 Å². The number of rotatable bonds is 7. The minimum atomic E-state index is -3.83. The topological polar surface area (TPSA) is 142 Å². The lowest BCUT2D eigenvalue weighted by Crippen LogP contribution is -2.26. The largest absolute Gasteiger partial charge is 0.480 e. The monoisotopic (exact) mass is 562 g/mol. The summed E-state index contributed by atoms with van der Waals surface area (Å²) in [5.41, 5.74) is 9.13. The average Bonchev–Trinajstić information content (AvgIpc) is 3.80. The highest BCUT2D eigenvalue weighted by atomic mass is 32.2. The van der Waals surface area contributed by atoms with Crippen molar-refractivity contribution in [3.63, 3.8) is 0 Å². The molecule has 40 heavy (non-hydrogen) atoms. The Bertz CT molecular complexity index is 1730. The summed E-state index contributed by atoms with van der Waals surface area (Å²) >= 11 is 0. The van der Waals surface area contributed by atoms with Crippen LogP contribution < -0.4 is 25.7 Å². The number of nitrogens with one attached hydrogen (secondary N) is 1. The predicted molar refractivity (Wildman–Crippen MR) is 153 cm³/mol. The first-order valence-corrected chi connectivity index (χ1v) is 14.6. The molecule has 12 heteroatoms. The normalized spacial score (nSPS) is 16.2. The molecule has 0 atom stereocenters. The summed E-state index contributed by atoms with van der Waals surface area (Å²) in [5, 5.41) is 0.344. The Morgan fingerprint density at radius 2 is 1.80 bits per heavy atom. The molecule has 2 aliphatic rings. The molecule has 2 fully saturated rings. The van der Waals surface area contributed by atoms with Crippen molar-refractivity contribution in [1.82, 2.24) is 19.3 Å². The Morgan fingerprint density at radius 1 is 1.02 bits per heavy atom. The zero-order chi connectivity index (χ0) is 27.9. The molecular weight excluding hydrogens is 532 g/mol. The number of hydrogen-bond donors (Lipinski definition) is 2. The highest BCUT2D eigenvalue weighted by Crippen LogP contribution is 2.31. The summed E-state index contributed by atoms with van der Waals surface area (Å²) in [6, 6.07) is 14.2. The first kappa shape index (κ1) is 26.2. The number of methoxy groups -OCH3 is 1. The third kappa shape index (κ3) is 5.12. The number of nitrogens with two attached hydrogens (primary N) is 1. The van der Waals surface area contributed by atoms with E-state index in [-0.39, 0.29) is 28.3 Å². The maximum absolute atomic E-state index is 13.7. The van der Waals surface area contributed by atoms with Gasteiger partial charge in [-0.15, -0.1) is 0 Å². The number of nitrogen functional groups attached to an aromatic ring is 1. The van der Waals surface area contributed by atoms with Crippen LogP contribution in [0.15, 0.2) is 64.4 Å². The summed E-state index contributed by atoms with van der Waals surface area (Å²) < 4.78 is 40.8. The zero-order valence-electron chi connectivity index (χ0n) is 22.0. The number of benzene rings is 2. The fourth-order valence-electron chi connectivity index (χ4n) is 4.87. The fraction of sp³-hybridized carbons (Fsp3) is 0.321.